The van der Waals surface area contributed by atoms with E-state index in [0.717, 1.165) is 0 Å². The van der Waals surface area contributed by atoms with Crippen LogP contribution in [0.4, 0.5) is 8.78 Å². The highest BCUT2D eigenvalue weighted by Crippen LogP contribution is 2.27. The zero-order valence-electron chi connectivity index (χ0n) is 16.7. The van der Waals surface area contributed by atoms with Gasteiger partial charge in [-0.15, -0.1) is 35.3 Å². The first-order valence-electron chi connectivity index (χ1n) is 9.11. The summed E-state index contributed by atoms with van der Waals surface area (Å²) in [5.74, 6) is 0.674. The summed E-state index contributed by atoms with van der Waals surface area (Å²) >= 11 is 1.71. The lowest BCUT2D eigenvalue weighted by Gasteiger charge is -2.22. The van der Waals surface area contributed by atoms with Crippen molar-refractivity contribution in [2.24, 2.45) is 4.99 Å². The SMILES string of the molecule is CCNC(=NCC(C)(C)c1cccs1)NCC(O)c1ccc(OC(F)F)cc1.I. The van der Waals surface area contributed by atoms with E-state index in [9.17, 15) is 13.9 Å². The molecule has 0 bridgehead atoms. The number of nitrogens with zero attached hydrogens (tertiary/aromatic N) is 1. The second kappa shape index (κ2) is 12.3. The smallest absolute Gasteiger partial charge is 0.387 e. The minimum absolute atomic E-state index is 0. The molecule has 1 heterocycles. The van der Waals surface area contributed by atoms with Crippen LogP contribution >= 0.6 is 35.3 Å². The molecule has 0 saturated heterocycles. The Hall–Kier alpha value is -1.46. The van der Waals surface area contributed by atoms with Crippen LogP contribution in [0.25, 0.3) is 0 Å². The summed E-state index contributed by atoms with van der Waals surface area (Å²) in [6.07, 6.45) is -0.810. The van der Waals surface area contributed by atoms with Crippen molar-refractivity contribution < 1.29 is 18.6 Å². The largest absolute Gasteiger partial charge is 0.435 e. The number of alkyl halides is 2. The molecular formula is C20H28F2IN3O2S. The van der Waals surface area contributed by atoms with Gasteiger partial charge in [0.25, 0.3) is 0 Å². The third-order valence-electron chi connectivity index (χ3n) is 4.12. The Morgan fingerprint density at radius 2 is 1.90 bits per heavy atom. The highest BCUT2D eigenvalue weighted by Gasteiger charge is 2.21. The van der Waals surface area contributed by atoms with Crippen molar-refractivity contribution in [2.75, 3.05) is 19.6 Å². The van der Waals surface area contributed by atoms with Crippen LogP contribution in [0.15, 0.2) is 46.8 Å². The maximum Gasteiger partial charge on any atom is 0.387 e. The molecule has 0 spiro atoms. The van der Waals surface area contributed by atoms with Crippen LogP contribution in [0.1, 0.15) is 37.3 Å². The first kappa shape index (κ1) is 25.6. The fraction of sp³-hybridized carbons (Fsp3) is 0.450. The summed E-state index contributed by atoms with van der Waals surface area (Å²) in [6, 6.07) is 10.1. The fourth-order valence-corrected chi connectivity index (χ4v) is 3.39. The van der Waals surface area contributed by atoms with E-state index in [2.05, 4.69) is 45.7 Å². The van der Waals surface area contributed by atoms with E-state index in [0.29, 0.717) is 24.6 Å². The van der Waals surface area contributed by atoms with E-state index in [1.165, 1.54) is 17.0 Å². The van der Waals surface area contributed by atoms with Crippen molar-refractivity contribution >= 4 is 41.3 Å². The highest BCUT2D eigenvalue weighted by molar-refractivity contribution is 14.0. The number of aliphatic hydroxyl groups is 1. The van der Waals surface area contributed by atoms with Crippen molar-refractivity contribution in [3.05, 3.63) is 52.2 Å². The molecule has 0 aliphatic rings. The molecule has 0 aliphatic carbocycles. The topological polar surface area (TPSA) is 65.9 Å². The van der Waals surface area contributed by atoms with Crippen LogP contribution in [-0.4, -0.2) is 37.3 Å². The number of nitrogens with one attached hydrogen (secondary N) is 2. The van der Waals surface area contributed by atoms with Crippen molar-refractivity contribution in [3.8, 4) is 5.75 Å². The highest BCUT2D eigenvalue weighted by atomic mass is 127. The molecule has 9 heteroatoms. The quantitative estimate of drug-likeness (QED) is 0.249. The Kier molecular flexibility index (Phi) is 10.8. The van der Waals surface area contributed by atoms with Gasteiger partial charge in [-0.1, -0.05) is 32.0 Å². The van der Waals surface area contributed by atoms with Gasteiger partial charge in [0.05, 0.1) is 12.6 Å². The third-order valence-corrected chi connectivity index (χ3v) is 5.35. The number of thiophene rings is 1. The predicted octanol–water partition coefficient (Wildman–Crippen LogP) is 4.53. The molecule has 3 N–H and O–H groups in total. The van der Waals surface area contributed by atoms with Crippen LogP contribution in [0.3, 0.4) is 0 Å². The average molecular weight is 539 g/mol. The maximum absolute atomic E-state index is 12.2. The second-order valence-electron chi connectivity index (χ2n) is 6.90. The molecule has 162 valence electrons. The normalized spacial score (nSPS) is 13.0. The van der Waals surface area contributed by atoms with E-state index in [1.54, 1.807) is 23.5 Å². The molecule has 0 saturated carbocycles. The van der Waals surface area contributed by atoms with Gasteiger partial charge in [-0.05, 0) is 36.1 Å². The van der Waals surface area contributed by atoms with Crippen molar-refractivity contribution in [2.45, 2.75) is 38.9 Å². The van der Waals surface area contributed by atoms with Crippen molar-refractivity contribution in [1.82, 2.24) is 10.6 Å². The molecular weight excluding hydrogens is 511 g/mol. The first-order valence-corrected chi connectivity index (χ1v) is 9.99. The van der Waals surface area contributed by atoms with Gasteiger partial charge in [0.15, 0.2) is 5.96 Å². The molecule has 2 rings (SSSR count). The van der Waals surface area contributed by atoms with Gasteiger partial charge in [-0.3, -0.25) is 4.99 Å². The van der Waals surface area contributed by atoms with Gasteiger partial charge < -0.3 is 20.5 Å². The van der Waals surface area contributed by atoms with Gasteiger partial charge in [-0.2, -0.15) is 8.78 Å². The lowest BCUT2D eigenvalue weighted by Crippen LogP contribution is -2.40. The molecule has 0 amide bonds. The van der Waals surface area contributed by atoms with Crippen LogP contribution in [0.2, 0.25) is 0 Å². The number of rotatable bonds is 9. The summed E-state index contributed by atoms with van der Waals surface area (Å²) in [7, 11) is 0. The number of hydrogen-bond donors (Lipinski definition) is 3. The van der Waals surface area contributed by atoms with Crippen LogP contribution in [0.5, 0.6) is 5.75 Å². The van der Waals surface area contributed by atoms with Gasteiger partial charge >= 0.3 is 6.61 Å². The standard InChI is InChI=1S/C20H27F2N3O2S.HI/c1-4-23-19(25-13-20(2,3)17-6-5-11-28-17)24-12-16(26)14-7-9-15(10-8-14)27-18(21)22;/h5-11,16,18,26H,4,12-13H2,1-3H3,(H2,23,24,25);1H. The number of aliphatic hydroxyl groups excluding tert-OH is 1. The Bertz CT molecular complexity index is 741. The number of benzene rings is 1. The molecule has 1 atom stereocenters. The van der Waals surface area contributed by atoms with E-state index in [4.69, 9.17) is 0 Å². The third kappa shape index (κ3) is 8.43. The number of aliphatic imine (C=N–C) groups is 1. The Labute approximate surface area is 191 Å². The number of guanidine groups is 1. The minimum atomic E-state index is -2.87. The van der Waals surface area contributed by atoms with Gasteiger partial charge in [0.1, 0.15) is 5.75 Å². The maximum atomic E-state index is 12.2. The molecule has 0 fully saturated rings. The zero-order chi connectivity index (χ0) is 20.6. The molecule has 29 heavy (non-hydrogen) atoms. The average Bonchev–Trinajstić information content (AvgIpc) is 3.19. The van der Waals surface area contributed by atoms with Crippen molar-refractivity contribution in [3.63, 3.8) is 0 Å². The summed E-state index contributed by atoms with van der Waals surface area (Å²) < 4.78 is 28.7. The molecule has 1 aromatic carbocycles. The molecule has 5 nitrogen and oxygen atoms in total. The number of halogens is 3. The predicted molar refractivity (Wildman–Crippen MR) is 125 cm³/mol. The van der Waals surface area contributed by atoms with E-state index >= 15 is 0 Å². The number of hydrogen-bond acceptors (Lipinski definition) is 4. The van der Waals surface area contributed by atoms with E-state index in [-0.39, 0.29) is 41.7 Å². The summed E-state index contributed by atoms with van der Waals surface area (Å²) in [4.78, 5) is 5.90. The number of ether oxygens (including phenoxy) is 1. The van der Waals surface area contributed by atoms with E-state index in [1.807, 2.05) is 13.0 Å². The Morgan fingerprint density at radius 1 is 1.21 bits per heavy atom. The van der Waals surface area contributed by atoms with Gasteiger partial charge in [0, 0.05) is 23.4 Å². The summed E-state index contributed by atoms with van der Waals surface area (Å²) in [5.41, 5.74) is 0.513. The summed E-state index contributed by atoms with van der Waals surface area (Å²) in [5, 5.41) is 18.7. The second-order valence-corrected chi connectivity index (χ2v) is 7.85. The molecule has 1 unspecified atom stereocenters. The lowest BCUT2D eigenvalue weighted by atomic mass is 9.92. The Morgan fingerprint density at radius 3 is 2.45 bits per heavy atom. The van der Waals surface area contributed by atoms with Crippen LogP contribution in [-0.2, 0) is 5.41 Å². The Balaban J connectivity index is 0.00000420. The van der Waals surface area contributed by atoms with E-state index < -0.39 is 12.7 Å². The first-order chi connectivity index (χ1) is 13.3. The monoisotopic (exact) mass is 539 g/mol. The summed E-state index contributed by atoms with van der Waals surface area (Å²) in [6.45, 7) is 4.92. The van der Waals surface area contributed by atoms with Crippen molar-refractivity contribution in [1.29, 1.82) is 0 Å². The van der Waals surface area contributed by atoms with Gasteiger partial charge in [-0.25, -0.2) is 0 Å². The van der Waals surface area contributed by atoms with Crippen LogP contribution in [0, 0.1) is 0 Å². The molecule has 1 aromatic heterocycles. The molecule has 0 aliphatic heterocycles. The molecule has 2 aromatic rings. The van der Waals surface area contributed by atoms with Crippen LogP contribution < -0.4 is 15.4 Å². The minimum Gasteiger partial charge on any atom is -0.435 e. The zero-order valence-corrected chi connectivity index (χ0v) is 19.8. The fourth-order valence-electron chi connectivity index (χ4n) is 2.54. The lowest BCUT2D eigenvalue weighted by molar-refractivity contribution is -0.0498. The molecule has 0 radical (unpaired) electrons. The van der Waals surface area contributed by atoms with Gasteiger partial charge in [0.2, 0.25) is 0 Å².